The van der Waals surface area contributed by atoms with E-state index in [0.717, 1.165) is 34.9 Å². The molecule has 1 aromatic heterocycles. The van der Waals surface area contributed by atoms with Crippen LogP contribution in [0.5, 0.6) is 0 Å². The van der Waals surface area contributed by atoms with E-state index in [2.05, 4.69) is 26.3 Å². The lowest BCUT2D eigenvalue weighted by atomic mass is 9.97. The maximum absolute atomic E-state index is 14.0. The summed E-state index contributed by atoms with van der Waals surface area (Å²) in [6.45, 7) is 2.63. The van der Waals surface area contributed by atoms with Gasteiger partial charge in [0, 0.05) is 43.2 Å². The molecule has 13 nitrogen and oxygen atoms in total. The quantitative estimate of drug-likeness (QED) is 0.0845. The number of carbonyl (C=O) groups excluding carboxylic acids is 4. The molecule has 0 bridgehead atoms. The zero-order valence-corrected chi connectivity index (χ0v) is 27.7. The standard InChI is InChI=1S/C35H49N7O6/c1-3-48-34(46)27(16-11-18-38-35(36)47)40-31(43)28(21-24-22-39-26-15-8-7-14-25(24)26)41-32(44)30-17-9-10-19-42(30)33(45)29(37-2)20-23-12-5-4-6-13-23/h4-8,12-15,22,27-30,34,37,39,46H,3,9-11,16-21H2,1-2H3,(H,40,43)(H,41,44)(H3,36,38,47)/t27-,28-,29-,30?,34-/m0/s1. The molecule has 4 rings (SSSR count). The number of nitrogens with two attached hydrogens (primary N) is 1. The van der Waals surface area contributed by atoms with E-state index in [1.54, 1.807) is 18.9 Å². The summed E-state index contributed by atoms with van der Waals surface area (Å²) in [5.74, 6) is -1.08. The average molecular weight is 664 g/mol. The maximum atomic E-state index is 14.0. The number of likely N-dealkylation sites (tertiary alicyclic amines) is 1. The Labute approximate surface area is 281 Å². The van der Waals surface area contributed by atoms with E-state index in [4.69, 9.17) is 10.5 Å². The predicted molar refractivity (Wildman–Crippen MR) is 183 cm³/mol. The number of piperidine rings is 1. The number of urea groups is 1. The Balaban J connectivity index is 1.55. The number of amides is 5. The second kappa shape index (κ2) is 18.2. The molecule has 2 aromatic carbocycles. The van der Waals surface area contributed by atoms with E-state index in [9.17, 15) is 24.3 Å². The molecule has 1 aliphatic rings. The van der Waals surface area contributed by atoms with Crippen LogP contribution in [0.3, 0.4) is 0 Å². The molecule has 5 amide bonds. The summed E-state index contributed by atoms with van der Waals surface area (Å²) >= 11 is 0. The molecule has 1 saturated heterocycles. The predicted octanol–water partition coefficient (Wildman–Crippen LogP) is 1.70. The number of aromatic nitrogens is 1. The van der Waals surface area contributed by atoms with Crippen LogP contribution in [0, 0.1) is 0 Å². The molecule has 0 aliphatic carbocycles. The van der Waals surface area contributed by atoms with Gasteiger partial charge in [0.2, 0.25) is 17.7 Å². The fraction of sp³-hybridized carbons (Fsp3) is 0.486. The molecular formula is C35H49N7O6. The topological polar surface area (TPSA) is 191 Å². The fourth-order valence-corrected chi connectivity index (χ4v) is 6.22. The van der Waals surface area contributed by atoms with Crippen LogP contribution in [0.4, 0.5) is 4.79 Å². The third kappa shape index (κ3) is 10.0. The zero-order valence-electron chi connectivity index (χ0n) is 27.7. The van der Waals surface area contributed by atoms with Crippen LogP contribution in [-0.2, 0) is 32.0 Å². The second-order valence-corrected chi connectivity index (χ2v) is 12.1. The van der Waals surface area contributed by atoms with Crippen LogP contribution in [0.15, 0.2) is 60.8 Å². The normalized spacial score (nSPS) is 17.2. The highest BCUT2D eigenvalue weighted by Crippen LogP contribution is 2.22. The number of nitrogens with one attached hydrogen (secondary N) is 5. The number of hydrogen-bond acceptors (Lipinski definition) is 7. The molecule has 0 saturated carbocycles. The van der Waals surface area contributed by atoms with Gasteiger partial charge in [0.05, 0.1) is 12.1 Å². The van der Waals surface area contributed by atoms with Gasteiger partial charge in [-0.05, 0) is 69.7 Å². The number of hydrogen-bond donors (Lipinski definition) is 7. The fourth-order valence-electron chi connectivity index (χ4n) is 6.22. The molecule has 0 radical (unpaired) electrons. The van der Waals surface area contributed by atoms with E-state index in [0.29, 0.717) is 25.8 Å². The summed E-state index contributed by atoms with van der Waals surface area (Å²) in [4.78, 5) is 57.8. The number of nitrogens with zero attached hydrogens (tertiary/aromatic N) is 1. The molecular weight excluding hydrogens is 614 g/mol. The van der Waals surface area contributed by atoms with Gasteiger partial charge >= 0.3 is 6.03 Å². The van der Waals surface area contributed by atoms with E-state index in [1.807, 2.05) is 60.8 Å². The number of fused-ring (bicyclic) bond motifs is 1. The van der Waals surface area contributed by atoms with Crippen LogP contribution in [0.1, 0.15) is 50.2 Å². The molecule has 1 unspecified atom stereocenters. The molecule has 13 heteroatoms. The van der Waals surface area contributed by atoms with Crippen LogP contribution >= 0.6 is 0 Å². The van der Waals surface area contributed by atoms with E-state index < -0.39 is 48.3 Å². The lowest BCUT2D eigenvalue weighted by molar-refractivity contribution is -0.145. The number of H-pyrrole nitrogens is 1. The zero-order chi connectivity index (χ0) is 34.5. The minimum atomic E-state index is -1.31. The van der Waals surface area contributed by atoms with Crippen molar-refractivity contribution >= 4 is 34.7 Å². The highest BCUT2D eigenvalue weighted by molar-refractivity contribution is 5.94. The number of rotatable bonds is 17. The highest BCUT2D eigenvalue weighted by atomic mass is 16.6. The summed E-state index contributed by atoms with van der Waals surface area (Å²) in [7, 11) is 1.74. The van der Waals surface area contributed by atoms with E-state index in [1.165, 1.54) is 0 Å². The average Bonchev–Trinajstić information content (AvgIpc) is 3.50. The number of ether oxygens (including phenoxy) is 1. The van der Waals surface area contributed by atoms with Gasteiger partial charge in [-0.3, -0.25) is 14.4 Å². The lowest BCUT2D eigenvalue weighted by Gasteiger charge is -2.37. The Hall–Kier alpha value is -4.46. The smallest absolute Gasteiger partial charge is 0.312 e. The van der Waals surface area contributed by atoms with Gasteiger partial charge < -0.3 is 46.7 Å². The maximum Gasteiger partial charge on any atom is 0.312 e. The minimum Gasteiger partial charge on any atom is -0.366 e. The van der Waals surface area contributed by atoms with Crippen LogP contribution < -0.4 is 27.0 Å². The largest absolute Gasteiger partial charge is 0.366 e. The number of para-hydroxylation sites is 1. The molecule has 1 fully saturated rings. The molecule has 2 heterocycles. The summed E-state index contributed by atoms with van der Waals surface area (Å²) in [6, 6.07) is 13.6. The van der Waals surface area contributed by atoms with Gasteiger partial charge in [0.15, 0.2) is 6.29 Å². The minimum absolute atomic E-state index is 0.163. The highest BCUT2D eigenvalue weighted by Gasteiger charge is 2.37. The van der Waals surface area contributed by atoms with Gasteiger partial charge in [-0.1, -0.05) is 48.5 Å². The number of likely N-dealkylation sites (N-methyl/N-ethyl adjacent to an activating group) is 1. The lowest BCUT2D eigenvalue weighted by Crippen LogP contribution is -2.60. The number of primary amides is 1. The van der Waals surface area contributed by atoms with Gasteiger partial charge in [0.1, 0.15) is 12.1 Å². The first-order chi connectivity index (χ1) is 23.2. The first-order valence-electron chi connectivity index (χ1n) is 16.7. The summed E-state index contributed by atoms with van der Waals surface area (Å²) in [6.07, 6.45) is 3.85. The van der Waals surface area contributed by atoms with Crippen molar-refractivity contribution in [2.24, 2.45) is 5.73 Å². The molecule has 1 aliphatic heterocycles. The van der Waals surface area contributed by atoms with Crippen molar-refractivity contribution in [1.82, 2.24) is 31.2 Å². The molecule has 8 N–H and O–H groups in total. The van der Waals surface area contributed by atoms with E-state index >= 15 is 0 Å². The number of carbonyl (C=O) groups is 4. The summed E-state index contributed by atoms with van der Waals surface area (Å²) in [5.41, 5.74) is 7.90. The monoisotopic (exact) mass is 663 g/mol. The Morgan fingerprint density at radius 1 is 1.02 bits per heavy atom. The van der Waals surface area contributed by atoms with E-state index in [-0.39, 0.29) is 31.9 Å². The Bertz CT molecular complexity index is 1500. The van der Waals surface area contributed by atoms with Crippen molar-refractivity contribution in [2.45, 2.75) is 82.3 Å². The van der Waals surface area contributed by atoms with Crippen molar-refractivity contribution in [1.29, 1.82) is 0 Å². The number of aliphatic hydroxyl groups is 1. The molecule has 260 valence electrons. The number of aromatic amines is 1. The van der Waals surface area contributed by atoms with Crippen molar-refractivity contribution in [3.05, 3.63) is 71.9 Å². The van der Waals surface area contributed by atoms with Gasteiger partial charge in [-0.2, -0.15) is 0 Å². The van der Waals surface area contributed by atoms with Crippen molar-refractivity contribution in [3.63, 3.8) is 0 Å². The third-order valence-electron chi connectivity index (χ3n) is 8.75. The van der Waals surface area contributed by atoms with Gasteiger partial charge in [-0.15, -0.1) is 0 Å². The first kappa shape index (κ1) is 36.4. The number of benzene rings is 2. The molecule has 5 atom stereocenters. The molecule has 0 spiro atoms. The summed E-state index contributed by atoms with van der Waals surface area (Å²) in [5, 5.41) is 23.1. The van der Waals surface area contributed by atoms with Crippen molar-refractivity contribution < 1.29 is 29.0 Å². The SMILES string of the molecule is CCO[C@H](O)[C@H](CCCNC(N)=O)NC(=O)[C@H](Cc1c[nH]c2ccccc12)NC(=O)C1CCCCN1C(=O)[C@H](Cc1ccccc1)NC. The first-order valence-corrected chi connectivity index (χ1v) is 16.7. The van der Waals surface area contributed by atoms with Crippen LogP contribution in [-0.4, -0.2) is 95.9 Å². The van der Waals surface area contributed by atoms with Crippen LogP contribution in [0.2, 0.25) is 0 Å². The Kier molecular flexibility index (Phi) is 13.8. The number of aliphatic hydroxyl groups excluding tert-OH is 1. The van der Waals surface area contributed by atoms with Crippen molar-refractivity contribution in [2.75, 3.05) is 26.7 Å². The summed E-state index contributed by atoms with van der Waals surface area (Å²) < 4.78 is 5.40. The van der Waals surface area contributed by atoms with Gasteiger partial charge in [-0.25, -0.2) is 4.79 Å². The third-order valence-corrected chi connectivity index (χ3v) is 8.75. The Morgan fingerprint density at radius 3 is 2.50 bits per heavy atom. The van der Waals surface area contributed by atoms with Crippen LogP contribution in [0.25, 0.3) is 10.9 Å². The van der Waals surface area contributed by atoms with Crippen molar-refractivity contribution in [3.8, 4) is 0 Å². The molecule has 3 aromatic rings. The molecule has 48 heavy (non-hydrogen) atoms. The second-order valence-electron chi connectivity index (χ2n) is 12.1. The van der Waals surface area contributed by atoms with Gasteiger partial charge in [0.25, 0.3) is 0 Å². The Morgan fingerprint density at radius 2 is 1.77 bits per heavy atom.